The van der Waals surface area contributed by atoms with Gasteiger partial charge in [-0.1, -0.05) is 26.0 Å². The zero-order valence-electron chi connectivity index (χ0n) is 20.2. The highest BCUT2D eigenvalue weighted by Crippen LogP contribution is 2.20. The molecule has 0 radical (unpaired) electrons. The summed E-state index contributed by atoms with van der Waals surface area (Å²) in [4.78, 5) is 23.5. The third-order valence-corrected chi connectivity index (χ3v) is 6.15. The predicted octanol–water partition coefficient (Wildman–Crippen LogP) is 2.77. The van der Waals surface area contributed by atoms with E-state index in [0.29, 0.717) is 5.69 Å². The number of hydrogen-bond acceptors (Lipinski definition) is 4. The van der Waals surface area contributed by atoms with Gasteiger partial charge in [-0.15, -0.1) is 24.0 Å². The number of aliphatic imine (C=N–C) groups is 1. The Kier molecular flexibility index (Phi) is 11.7. The van der Waals surface area contributed by atoms with Crippen molar-refractivity contribution in [3.05, 3.63) is 30.1 Å². The van der Waals surface area contributed by atoms with E-state index in [0.717, 1.165) is 77.7 Å². The van der Waals surface area contributed by atoms with Gasteiger partial charge in [0.25, 0.3) is 0 Å². The Bertz CT molecular complexity index is 769. The number of benzene rings is 1. The largest absolute Gasteiger partial charge is 0.367 e. The van der Waals surface area contributed by atoms with Gasteiger partial charge in [-0.25, -0.2) is 4.39 Å². The first kappa shape index (κ1) is 27.6. The van der Waals surface area contributed by atoms with Crippen molar-refractivity contribution >= 4 is 41.5 Å². The fraction of sp³-hybridized carbons (Fsp3) is 0.667. The van der Waals surface area contributed by atoms with Crippen molar-refractivity contribution in [1.82, 2.24) is 20.4 Å². The minimum atomic E-state index is -0.141. The van der Waals surface area contributed by atoms with Crippen LogP contribution < -0.4 is 15.5 Å². The molecule has 2 aliphatic heterocycles. The summed E-state index contributed by atoms with van der Waals surface area (Å²) in [5, 5.41) is 6.82. The maximum absolute atomic E-state index is 14.0. The molecule has 0 aliphatic carbocycles. The molecule has 2 heterocycles. The summed E-state index contributed by atoms with van der Waals surface area (Å²) in [6, 6.07) is 7.27. The first-order valence-corrected chi connectivity index (χ1v) is 12.0. The highest BCUT2D eigenvalue weighted by atomic mass is 127. The summed E-state index contributed by atoms with van der Waals surface area (Å²) in [5.41, 5.74) is 0.707. The zero-order chi connectivity index (χ0) is 22.9. The molecule has 2 aliphatic rings. The quantitative estimate of drug-likeness (QED) is 0.217. The molecular formula is C24H40FIN6O. The van der Waals surface area contributed by atoms with Gasteiger partial charge >= 0.3 is 0 Å². The number of piperazine rings is 1. The van der Waals surface area contributed by atoms with Crippen LogP contribution in [0, 0.1) is 11.7 Å². The van der Waals surface area contributed by atoms with Gasteiger partial charge in [0.05, 0.1) is 5.69 Å². The Hall–Kier alpha value is -1.62. The Morgan fingerprint density at radius 2 is 1.91 bits per heavy atom. The number of rotatable bonds is 8. The number of guanidine groups is 1. The van der Waals surface area contributed by atoms with Crippen molar-refractivity contribution in [3.8, 4) is 0 Å². The highest BCUT2D eigenvalue weighted by Gasteiger charge is 2.28. The third kappa shape index (κ3) is 8.27. The third-order valence-electron chi connectivity index (χ3n) is 6.15. The number of carbonyl (C=O) groups excluding carboxylic acids is 1. The van der Waals surface area contributed by atoms with Gasteiger partial charge in [-0.3, -0.25) is 14.7 Å². The van der Waals surface area contributed by atoms with Crippen molar-refractivity contribution in [2.45, 2.75) is 39.7 Å². The Balaban J connectivity index is 0.00000385. The first-order valence-electron chi connectivity index (χ1n) is 12.0. The predicted molar refractivity (Wildman–Crippen MR) is 144 cm³/mol. The van der Waals surface area contributed by atoms with Crippen LogP contribution in [-0.4, -0.2) is 86.6 Å². The number of likely N-dealkylation sites (tertiary alicyclic amines) is 1. The van der Waals surface area contributed by atoms with Gasteiger partial charge < -0.3 is 20.4 Å². The Labute approximate surface area is 215 Å². The molecule has 2 saturated heterocycles. The van der Waals surface area contributed by atoms with E-state index in [1.54, 1.807) is 6.07 Å². The topological polar surface area (TPSA) is 63.2 Å². The van der Waals surface area contributed by atoms with Gasteiger partial charge in [0.15, 0.2) is 5.96 Å². The molecule has 2 N–H and O–H groups in total. The Morgan fingerprint density at radius 3 is 2.58 bits per heavy atom. The van der Waals surface area contributed by atoms with Crippen LogP contribution in [0.3, 0.4) is 0 Å². The fourth-order valence-electron chi connectivity index (χ4n) is 4.36. The number of carbonyl (C=O) groups is 1. The molecule has 0 saturated carbocycles. The first-order chi connectivity index (χ1) is 15.5. The number of halogens is 2. The van der Waals surface area contributed by atoms with Crippen LogP contribution in [0.4, 0.5) is 10.1 Å². The van der Waals surface area contributed by atoms with E-state index in [1.165, 1.54) is 6.07 Å². The van der Waals surface area contributed by atoms with E-state index >= 15 is 0 Å². The second-order valence-corrected chi connectivity index (χ2v) is 8.96. The van der Waals surface area contributed by atoms with E-state index in [4.69, 9.17) is 4.99 Å². The van der Waals surface area contributed by atoms with Crippen LogP contribution in [0.25, 0.3) is 0 Å². The van der Waals surface area contributed by atoms with E-state index in [1.807, 2.05) is 30.9 Å². The molecule has 7 nitrogen and oxygen atoms in total. The van der Waals surface area contributed by atoms with Crippen molar-refractivity contribution in [2.75, 3.05) is 63.8 Å². The summed E-state index contributed by atoms with van der Waals surface area (Å²) >= 11 is 0. The number of nitrogens with zero attached hydrogens (tertiary/aromatic N) is 4. The highest BCUT2D eigenvalue weighted by molar-refractivity contribution is 14.0. The minimum Gasteiger partial charge on any atom is -0.367 e. The molecule has 1 amide bonds. The Morgan fingerprint density at radius 1 is 1.18 bits per heavy atom. The molecule has 1 unspecified atom stereocenters. The molecule has 2 fully saturated rings. The van der Waals surface area contributed by atoms with Crippen LogP contribution in [0.15, 0.2) is 29.3 Å². The summed E-state index contributed by atoms with van der Waals surface area (Å²) in [7, 11) is 0. The van der Waals surface area contributed by atoms with Gasteiger partial charge in [0, 0.05) is 70.9 Å². The molecular weight excluding hydrogens is 534 g/mol. The number of amides is 1. The molecule has 1 atom stereocenters. The maximum Gasteiger partial charge on any atom is 0.225 e. The van der Waals surface area contributed by atoms with Gasteiger partial charge in [-0.05, 0) is 31.9 Å². The van der Waals surface area contributed by atoms with Crippen molar-refractivity contribution in [1.29, 1.82) is 0 Å². The second-order valence-electron chi connectivity index (χ2n) is 8.96. The molecule has 0 spiro atoms. The monoisotopic (exact) mass is 574 g/mol. The lowest BCUT2D eigenvalue weighted by Gasteiger charge is -2.36. The van der Waals surface area contributed by atoms with E-state index in [2.05, 4.69) is 27.4 Å². The second kappa shape index (κ2) is 13.9. The molecule has 3 rings (SSSR count). The molecule has 9 heteroatoms. The standard InChI is InChI=1S/C24H39FN6O.HI/c1-4-26-24(28-20-10-13-31(18-20)23(32)19(2)3)27-11-7-12-29-14-16-30(17-15-29)22-9-6-5-8-21(22)25;/h5-6,8-9,19-20H,4,7,10-18H2,1-3H3,(H2,26,27,28);1H. The number of anilines is 1. The zero-order valence-corrected chi connectivity index (χ0v) is 22.6. The maximum atomic E-state index is 14.0. The van der Waals surface area contributed by atoms with Crippen LogP contribution >= 0.6 is 24.0 Å². The SMILES string of the molecule is CCNC(=NCCCN1CCN(c2ccccc2F)CC1)NC1CCN(C(=O)C(C)C)C1.I. The smallest absolute Gasteiger partial charge is 0.225 e. The average molecular weight is 575 g/mol. The van der Waals surface area contributed by atoms with Crippen LogP contribution in [-0.2, 0) is 4.79 Å². The molecule has 0 aromatic heterocycles. The summed E-state index contributed by atoms with van der Waals surface area (Å²) in [5.74, 6) is 0.967. The van der Waals surface area contributed by atoms with Crippen molar-refractivity contribution in [3.63, 3.8) is 0 Å². The molecule has 1 aromatic rings. The van der Waals surface area contributed by atoms with Gasteiger partial charge in [-0.2, -0.15) is 0 Å². The molecule has 186 valence electrons. The fourth-order valence-corrected chi connectivity index (χ4v) is 4.36. The molecule has 0 bridgehead atoms. The summed E-state index contributed by atoms with van der Waals surface area (Å²) in [6.45, 7) is 13.7. The normalized spacial score (nSPS) is 19.5. The average Bonchev–Trinajstić information content (AvgIpc) is 3.25. The summed E-state index contributed by atoms with van der Waals surface area (Å²) in [6.07, 6.45) is 1.94. The van der Waals surface area contributed by atoms with E-state index in [-0.39, 0.29) is 47.7 Å². The van der Waals surface area contributed by atoms with Gasteiger partial charge in [0.2, 0.25) is 5.91 Å². The van der Waals surface area contributed by atoms with Crippen molar-refractivity contribution in [2.24, 2.45) is 10.9 Å². The lowest BCUT2D eigenvalue weighted by Crippen LogP contribution is -2.47. The number of para-hydroxylation sites is 1. The lowest BCUT2D eigenvalue weighted by molar-refractivity contribution is -0.133. The lowest BCUT2D eigenvalue weighted by atomic mass is 10.2. The van der Waals surface area contributed by atoms with Crippen LogP contribution in [0.2, 0.25) is 0 Å². The van der Waals surface area contributed by atoms with Crippen molar-refractivity contribution < 1.29 is 9.18 Å². The number of nitrogens with one attached hydrogen (secondary N) is 2. The van der Waals surface area contributed by atoms with E-state index < -0.39 is 0 Å². The number of hydrogen-bond donors (Lipinski definition) is 2. The molecule has 1 aromatic carbocycles. The van der Waals surface area contributed by atoms with Crippen LogP contribution in [0.5, 0.6) is 0 Å². The van der Waals surface area contributed by atoms with E-state index in [9.17, 15) is 9.18 Å². The van der Waals surface area contributed by atoms with Crippen LogP contribution in [0.1, 0.15) is 33.6 Å². The molecule has 33 heavy (non-hydrogen) atoms. The summed E-state index contributed by atoms with van der Waals surface area (Å²) < 4.78 is 14.0. The minimum absolute atomic E-state index is 0. The van der Waals surface area contributed by atoms with Gasteiger partial charge in [0.1, 0.15) is 5.82 Å².